The highest BCUT2D eigenvalue weighted by Gasteiger charge is 2.18. The first-order chi connectivity index (χ1) is 13.2. The van der Waals surface area contributed by atoms with Crippen molar-refractivity contribution in [2.24, 2.45) is 11.8 Å². The molecule has 154 valence electrons. The van der Waals surface area contributed by atoms with Crippen LogP contribution >= 0.6 is 23.2 Å². The summed E-state index contributed by atoms with van der Waals surface area (Å²) in [6, 6.07) is 13.4. The van der Waals surface area contributed by atoms with E-state index in [0.29, 0.717) is 33.4 Å². The topological polar surface area (TPSA) is 23.5 Å². The Morgan fingerprint density at radius 3 is 2.00 bits per heavy atom. The number of aliphatic hydroxyl groups is 1. The molecule has 2 atom stereocenters. The van der Waals surface area contributed by atoms with E-state index in [1.807, 2.05) is 12.1 Å². The normalized spacial score (nSPS) is 14.1. The molecule has 1 N–H and O–H groups in total. The van der Waals surface area contributed by atoms with Gasteiger partial charge >= 0.3 is 0 Å². The number of aliphatic hydroxyl groups excluding tert-OH is 1. The van der Waals surface area contributed by atoms with E-state index in [2.05, 4.69) is 51.7 Å². The van der Waals surface area contributed by atoms with Gasteiger partial charge in [0.05, 0.1) is 0 Å². The third kappa shape index (κ3) is 6.77. The lowest BCUT2D eigenvalue weighted by molar-refractivity contribution is 0.209. The summed E-state index contributed by atoms with van der Waals surface area (Å²) >= 11 is 12.3. The van der Waals surface area contributed by atoms with Crippen molar-refractivity contribution < 1.29 is 5.11 Å². The van der Waals surface area contributed by atoms with Gasteiger partial charge in [-0.2, -0.15) is 0 Å². The molecule has 0 saturated heterocycles. The summed E-state index contributed by atoms with van der Waals surface area (Å²) in [6.07, 6.45) is -0.764. The number of rotatable bonds is 9. The molecule has 0 aliphatic rings. The fraction of sp³-hybridized carbons (Fsp3) is 0.500. The number of nitrogens with zero attached hydrogens (tertiary/aromatic N) is 1. The molecule has 2 aromatic rings. The number of hydrogen-bond acceptors (Lipinski definition) is 2. The Morgan fingerprint density at radius 2 is 1.43 bits per heavy atom. The van der Waals surface area contributed by atoms with E-state index < -0.39 is 6.10 Å². The molecular formula is C24H33Cl2NO. The second-order valence-electron chi connectivity index (χ2n) is 8.65. The van der Waals surface area contributed by atoms with E-state index in [4.69, 9.17) is 23.2 Å². The van der Waals surface area contributed by atoms with Crippen LogP contribution in [0.4, 0.5) is 0 Å². The van der Waals surface area contributed by atoms with Gasteiger partial charge in [-0.1, -0.05) is 88.2 Å². The van der Waals surface area contributed by atoms with Crippen LogP contribution in [0.15, 0.2) is 42.5 Å². The SMILES string of the molecule is CC(C)CN(CC(C)C)CC(C)c1cccc(C(O)c2ccc(Cl)cc2Cl)c1. The first-order valence-electron chi connectivity index (χ1n) is 10.1. The predicted molar refractivity (Wildman–Crippen MR) is 121 cm³/mol. The molecule has 0 aromatic heterocycles. The van der Waals surface area contributed by atoms with Crippen LogP contribution in [-0.4, -0.2) is 29.6 Å². The maximum atomic E-state index is 10.9. The minimum absolute atomic E-state index is 0.380. The van der Waals surface area contributed by atoms with Gasteiger partial charge in [0.1, 0.15) is 6.10 Å². The third-order valence-electron chi connectivity index (χ3n) is 4.83. The average molecular weight is 422 g/mol. The van der Waals surface area contributed by atoms with Crippen molar-refractivity contribution in [1.29, 1.82) is 0 Å². The zero-order valence-corrected chi connectivity index (χ0v) is 19.1. The van der Waals surface area contributed by atoms with Gasteiger partial charge in [-0.25, -0.2) is 0 Å². The summed E-state index contributed by atoms with van der Waals surface area (Å²) in [5, 5.41) is 11.9. The molecule has 0 amide bonds. The first-order valence-corrected chi connectivity index (χ1v) is 10.9. The molecular weight excluding hydrogens is 389 g/mol. The summed E-state index contributed by atoms with van der Waals surface area (Å²) in [6.45, 7) is 14.5. The van der Waals surface area contributed by atoms with Gasteiger partial charge in [0.2, 0.25) is 0 Å². The largest absolute Gasteiger partial charge is 0.384 e. The zero-order chi connectivity index (χ0) is 20.8. The summed E-state index contributed by atoms with van der Waals surface area (Å²) in [5.41, 5.74) is 2.77. The van der Waals surface area contributed by atoms with Crippen LogP contribution in [-0.2, 0) is 0 Å². The molecule has 28 heavy (non-hydrogen) atoms. The standard InChI is InChI=1S/C24H33Cl2NO/c1-16(2)13-27(14-17(3)4)15-18(5)19-7-6-8-20(11-19)24(28)22-10-9-21(25)12-23(22)26/h6-12,16-18,24,28H,13-15H2,1-5H3. The maximum Gasteiger partial charge on any atom is 0.105 e. The molecule has 2 aromatic carbocycles. The van der Waals surface area contributed by atoms with Crippen molar-refractivity contribution in [1.82, 2.24) is 4.90 Å². The second kappa shape index (κ2) is 10.6. The Morgan fingerprint density at radius 1 is 0.821 bits per heavy atom. The Bertz CT molecular complexity index is 750. The molecule has 0 radical (unpaired) electrons. The molecule has 0 aliphatic carbocycles. The van der Waals surface area contributed by atoms with Crippen molar-refractivity contribution >= 4 is 23.2 Å². The highest BCUT2D eigenvalue weighted by atomic mass is 35.5. The molecule has 0 aliphatic heterocycles. The van der Waals surface area contributed by atoms with Crippen molar-refractivity contribution in [2.75, 3.05) is 19.6 Å². The van der Waals surface area contributed by atoms with E-state index in [9.17, 15) is 5.11 Å². The van der Waals surface area contributed by atoms with Crippen LogP contribution in [0, 0.1) is 11.8 Å². The summed E-state index contributed by atoms with van der Waals surface area (Å²) < 4.78 is 0. The number of benzene rings is 2. The summed E-state index contributed by atoms with van der Waals surface area (Å²) in [5.74, 6) is 1.67. The highest BCUT2D eigenvalue weighted by Crippen LogP contribution is 2.31. The summed E-state index contributed by atoms with van der Waals surface area (Å²) in [4.78, 5) is 2.55. The van der Waals surface area contributed by atoms with E-state index in [-0.39, 0.29) is 0 Å². The Labute approximate surface area is 180 Å². The molecule has 0 fully saturated rings. The molecule has 2 unspecified atom stereocenters. The van der Waals surface area contributed by atoms with E-state index in [1.54, 1.807) is 18.2 Å². The Kier molecular flexibility index (Phi) is 8.82. The van der Waals surface area contributed by atoms with Gasteiger partial charge in [0.25, 0.3) is 0 Å². The number of halogens is 2. The van der Waals surface area contributed by atoms with Gasteiger partial charge in [0.15, 0.2) is 0 Å². The maximum absolute atomic E-state index is 10.9. The third-order valence-corrected chi connectivity index (χ3v) is 5.39. The minimum atomic E-state index is -0.764. The highest BCUT2D eigenvalue weighted by molar-refractivity contribution is 6.35. The monoisotopic (exact) mass is 421 g/mol. The molecule has 4 heteroatoms. The number of hydrogen-bond donors (Lipinski definition) is 1. The van der Waals surface area contributed by atoms with Crippen molar-refractivity contribution in [3.8, 4) is 0 Å². The smallest absolute Gasteiger partial charge is 0.105 e. The van der Waals surface area contributed by atoms with Gasteiger partial charge in [0, 0.05) is 35.2 Å². The van der Waals surface area contributed by atoms with Crippen LogP contribution in [0.2, 0.25) is 10.0 Å². The fourth-order valence-corrected chi connectivity index (χ4v) is 4.20. The molecule has 0 saturated carbocycles. The Hall–Kier alpha value is -1.06. The Balaban J connectivity index is 2.18. The molecule has 0 heterocycles. The fourth-order valence-electron chi connectivity index (χ4n) is 3.69. The zero-order valence-electron chi connectivity index (χ0n) is 17.6. The molecule has 0 bridgehead atoms. The van der Waals surface area contributed by atoms with Crippen molar-refractivity contribution in [3.05, 3.63) is 69.2 Å². The van der Waals surface area contributed by atoms with Crippen LogP contribution in [0.25, 0.3) is 0 Å². The molecule has 2 rings (SSSR count). The first kappa shape index (κ1) is 23.2. The van der Waals surface area contributed by atoms with Crippen LogP contribution in [0.3, 0.4) is 0 Å². The second-order valence-corrected chi connectivity index (χ2v) is 9.49. The minimum Gasteiger partial charge on any atom is -0.384 e. The summed E-state index contributed by atoms with van der Waals surface area (Å²) in [7, 11) is 0. The van der Waals surface area contributed by atoms with E-state index in [1.165, 1.54) is 5.56 Å². The van der Waals surface area contributed by atoms with Crippen LogP contribution in [0.5, 0.6) is 0 Å². The van der Waals surface area contributed by atoms with Crippen molar-refractivity contribution in [2.45, 2.75) is 46.6 Å². The quantitative estimate of drug-likeness (QED) is 0.481. The molecule has 0 spiro atoms. The molecule has 2 nitrogen and oxygen atoms in total. The lowest BCUT2D eigenvalue weighted by Gasteiger charge is -2.29. The van der Waals surface area contributed by atoms with Gasteiger partial charge in [-0.05, 0) is 41.0 Å². The van der Waals surface area contributed by atoms with Gasteiger partial charge in [-0.15, -0.1) is 0 Å². The predicted octanol–water partition coefficient (Wildman–Crippen LogP) is 6.79. The van der Waals surface area contributed by atoms with Crippen molar-refractivity contribution in [3.63, 3.8) is 0 Å². The average Bonchev–Trinajstić information content (AvgIpc) is 2.60. The van der Waals surface area contributed by atoms with E-state index in [0.717, 1.165) is 25.2 Å². The van der Waals surface area contributed by atoms with Crippen LogP contribution < -0.4 is 0 Å². The van der Waals surface area contributed by atoms with Gasteiger partial charge in [-0.3, -0.25) is 0 Å². The van der Waals surface area contributed by atoms with Crippen LogP contribution in [0.1, 0.15) is 63.3 Å². The van der Waals surface area contributed by atoms with E-state index >= 15 is 0 Å². The lowest BCUT2D eigenvalue weighted by atomic mass is 9.94. The lowest BCUT2D eigenvalue weighted by Crippen LogP contribution is -2.34. The van der Waals surface area contributed by atoms with Gasteiger partial charge < -0.3 is 10.0 Å².